The van der Waals surface area contributed by atoms with Gasteiger partial charge in [0.2, 0.25) is 0 Å². The number of halogens is 1. The zero-order valence-electron chi connectivity index (χ0n) is 16.0. The predicted octanol–water partition coefficient (Wildman–Crippen LogP) is 2.33. The Labute approximate surface area is 175 Å². The molecule has 2 N–H and O–H groups in total. The van der Waals surface area contributed by atoms with Crippen molar-refractivity contribution < 1.29 is 13.2 Å². The Hall–Kier alpha value is -0.0900. The molecule has 0 bridgehead atoms. The zero-order valence-corrected chi connectivity index (χ0v) is 19.1. The number of nitrogens with zero attached hydrogens (tertiary/aromatic N) is 1. The zero-order chi connectivity index (χ0) is 17.9. The molecule has 2 saturated carbocycles. The summed E-state index contributed by atoms with van der Waals surface area (Å²) in [4.78, 5) is 4.36. The normalized spacial score (nSPS) is 32.5. The lowest BCUT2D eigenvalue weighted by molar-refractivity contribution is -0.145. The largest absolute Gasteiger partial charge is 0.378 e. The molecule has 1 heterocycles. The highest BCUT2D eigenvalue weighted by molar-refractivity contribution is 14.0. The Morgan fingerprint density at radius 2 is 2.00 bits per heavy atom. The van der Waals surface area contributed by atoms with Gasteiger partial charge in [0.15, 0.2) is 15.8 Å². The fraction of sp³-hybridized carbons (Fsp3) is 0.944. The van der Waals surface area contributed by atoms with Crippen molar-refractivity contribution in [1.29, 1.82) is 0 Å². The summed E-state index contributed by atoms with van der Waals surface area (Å²) in [6.07, 6.45) is 8.52. The highest BCUT2D eigenvalue weighted by atomic mass is 127. The van der Waals surface area contributed by atoms with Crippen molar-refractivity contribution in [3.63, 3.8) is 0 Å². The van der Waals surface area contributed by atoms with Gasteiger partial charge in [0.05, 0.1) is 17.6 Å². The van der Waals surface area contributed by atoms with Crippen LogP contribution in [-0.4, -0.2) is 58.2 Å². The maximum Gasteiger partial charge on any atom is 0.191 e. The van der Waals surface area contributed by atoms with E-state index in [-0.39, 0.29) is 35.3 Å². The SMILES string of the molecule is CCOC1CC(NC(=NC)NCC2CCS(=O)(=O)C2)C12CCCCC2.I. The summed E-state index contributed by atoms with van der Waals surface area (Å²) in [7, 11) is -1.03. The van der Waals surface area contributed by atoms with Gasteiger partial charge >= 0.3 is 0 Å². The molecule has 3 fully saturated rings. The van der Waals surface area contributed by atoms with E-state index in [2.05, 4.69) is 22.5 Å². The van der Waals surface area contributed by atoms with Crippen molar-refractivity contribution in [1.82, 2.24) is 10.6 Å². The molecule has 3 atom stereocenters. The van der Waals surface area contributed by atoms with Crippen molar-refractivity contribution in [2.24, 2.45) is 16.3 Å². The molecule has 1 aliphatic heterocycles. The Morgan fingerprint density at radius 3 is 2.58 bits per heavy atom. The molecule has 8 heteroatoms. The maximum atomic E-state index is 11.6. The number of sulfone groups is 1. The van der Waals surface area contributed by atoms with Crippen LogP contribution < -0.4 is 10.6 Å². The van der Waals surface area contributed by atoms with E-state index < -0.39 is 9.84 Å². The van der Waals surface area contributed by atoms with Gasteiger partial charge in [0.25, 0.3) is 0 Å². The molecule has 0 aromatic rings. The molecule has 3 aliphatic rings. The molecule has 152 valence electrons. The molecule has 1 saturated heterocycles. The Morgan fingerprint density at radius 1 is 1.27 bits per heavy atom. The maximum absolute atomic E-state index is 11.6. The summed E-state index contributed by atoms with van der Waals surface area (Å²) in [6.45, 7) is 3.53. The first-order valence-corrected chi connectivity index (χ1v) is 11.6. The van der Waals surface area contributed by atoms with Gasteiger partial charge in [-0.2, -0.15) is 0 Å². The van der Waals surface area contributed by atoms with Crippen LogP contribution in [0.15, 0.2) is 4.99 Å². The third-order valence-corrected chi connectivity index (χ3v) is 8.19. The molecular weight excluding hydrogens is 465 g/mol. The van der Waals surface area contributed by atoms with E-state index in [4.69, 9.17) is 4.74 Å². The molecule has 0 amide bonds. The van der Waals surface area contributed by atoms with Crippen LogP contribution in [0, 0.1) is 11.3 Å². The number of aliphatic imine (C=N–C) groups is 1. The van der Waals surface area contributed by atoms with Gasteiger partial charge in [-0.05, 0) is 38.5 Å². The first kappa shape index (κ1) is 22.2. The molecule has 0 aromatic carbocycles. The number of hydrogen-bond acceptors (Lipinski definition) is 4. The second-order valence-corrected chi connectivity index (χ2v) is 10.1. The van der Waals surface area contributed by atoms with Crippen LogP contribution in [0.25, 0.3) is 0 Å². The second-order valence-electron chi connectivity index (χ2n) is 7.89. The molecule has 26 heavy (non-hydrogen) atoms. The first-order chi connectivity index (χ1) is 12.0. The van der Waals surface area contributed by atoms with Crippen LogP contribution in [0.4, 0.5) is 0 Å². The second kappa shape index (κ2) is 9.41. The van der Waals surface area contributed by atoms with Crippen molar-refractivity contribution >= 4 is 39.8 Å². The highest BCUT2D eigenvalue weighted by Crippen LogP contribution is 2.53. The molecule has 0 radical (unpaired) electrons. The van der Waals surface area contributed by atoms with Crippen LogP contribution >= 0.6 is 24.0 Å². The Kier molecular flexibility index (Phi) is 8.03. The minimum atomic E-state index is -2.82. The lowest BCUT2D eigenvalue weighted by atomic mass is 9.55. The quantitative estimate of drug-likeness (QED) is 0.345. The van der Waals surface area contributed by atoms with E-state index in [1.807, 2.05) is 0 Å². The van der Waals surface area contributed by atoms with Gasteiger partial charge in [-0.1, -0.05) is 19.3 Å². The van der Waals surface area contributed by atoms with Crippen LogP contribution in [0.5, 0.6) is 0 Å². The topological polar surface area (TPSA) is 79.8 Å². The summed E-state index contributed by atoms with van der Waals surface area (Å²) in [5.41, 5.74) is 0.253. The van der Waals surface area contributed by atoms with Crippen molar-refractivity contribution in [3.8, 4) is 0 Å². The van der Waals surface area contributed by atoms with E-state index in [9.17, 15) is 8.42 Å². The minimum Gasteiger partial charge on any atom is -0.378 e. The number of guanidine groups is 1. The predicted molar refractivity (Wildman–Crippen MR) is 116 cm³/mol. The summed E-state index contributed by atoms with van der Waals surface area (Å²) in [6, 6.07) is 0.405. The van der Waals surface area contributed by atoms with Gasteiger partial charge in [0, 0.05) is 31.7 Å². The average Bonchev–Trinajstić information content (AvgIpc) is 2.96. The Bertz CT molecular complexity index is 590. The van der Waals surface area contributed by atoms with Gasteiger partial charge < -0.3 is 15.4 Å². The van der Waals surface area contributed by atoms with Crippen molar-refractivity contribution in [3.05, 3.63) is 0 Å². The van der Waals surface area contributed by atoms with Gasteiger partial charge in [0.1, 0.15) is 0 Å². The van der Waals surface area contributed by atoms with E-state index >= 15 is 0 Å². The fourth-order valence-electron chi connectivity index (χ4n) is 4.90. The van der Waals surface area contributed by atoms with Crippen molar-refractivity contribution in [2.75, 3.05) is 31.7 Å². The summed E-state index contributed by atoms with van der Waals surface area (Å²) < 4.78 is 29.2. The smallest absolute Gasteiger partial charge is 0.191 e. The molecular formula is C18H34IN3O3S. The van der Waals surface area contributed by atoms with Crippen LogP contribution in [0.2, 0.25) is 0 Å². The number of hydrogen-bond donors (Lipinski definition) is 2. The summed E-state index contributed by atoms with van der Waals surface area (Å²) in [5.74, 6) is 1.63. The van der Waals surface area contributed by atoms with Gasteiger partial charge in [-0.25, -0.2) is 8.42 Å². The van der Waals surface area contributed by atoms with Gasteiger partial charge in [-0.15, -0.1) is 24.0 Å². The van der Waals surface area contributed by atoms with Crippen molar-refractivity contribution in [2.45, 2.75) is 64.0 Å². The lowest BCUT2D eigenvalue weighted by Gasteiger charge is -2.58. The molecule has 3 rings (SSSR count). The number of ether oxygens (including phenoxy) is 1. The fourth-order valence-corrected chi connectivity index (χ4v) is 6.76. The molecule has 0 aromatic heterocycles. The van der Waals surface area contributed by atoms with Crippen LogP contribution in [0.3, 0.4) is 0 Å². The summed E-state index contributed by atoms with van der Waals surface area (Å²) in [5, 5.41) is 6.96. The van der Waals surface area contributed by atoms with E-state index in [0.717, 1.165) is 25.4 Å². The van der Waals surface area contributed by atoms with E-state index in [1.54, 1.807) is 7.05 Å². The molecule has 6 nitrogen and oxygen atoms in total. The number of rotatable bonds is 5. The highest BCUT2D eigenvalue weighted by Gasteiger charge is 2.55. The minimum absolute atomic E-state index is 0. The first-order valence-electron chi connectivity index (χ1n) is 9.78. The lowest BCUT2D eigenvalue weighted by Crippen LogP contribution is -2.66. The van der Waals surface area contributed by atoms with Crippen LogP contribution in [0.1, 0.15) is 51.9 Å². The standard InChI is InChI=1S/C18H33N3O3S.HI/c1-3-24-16-11-15(18(16)8-5-4-6-9-18)21-17(19-2)20-12-14-7-10-25(22,23)13-14;/h14-16H,3-13H2,1-2H3,(H2,19,20,21);1H. The molecule has 1 spiro atoms. The third kappa shape index (κ3) is 4.84. The average molecular weight is 499 g/mol. The monoisotopic (exact) mass is 499 g/mol. The third-order valence-electron chi connectivity index (χ3n) is 6.36. The molecule has 2 aliphatic carbocycles. The Balaban J connectivity index is 0.00000243. The van der Waals surface area contributed by atoms with E-state index in [0.29, 0.717) is 30.2 Å². The summed E-state index contributed by atoms with van der Waals surface area (Å²) >= 11 is 0. The van der Waals surface area contributed by atoms with Gasteiger partial charge in [-0.3, -0.25) is 4.99 Å². The molecule has 3 unspecified atom stereocenters. The number of nitrogens with one attached hydrogen (secondary N) is 2. The van der Waals surface area contributed by atoms with Crippen LogP contribution in [-0.2, 0) is 14.6 Å². The van der Waals surface area contributed by atoms with E-state index in [1.165, 1.54) is 32.1 Å².